The fraction of sp³-hybridized carbons (Fsp3) is 0.588. The Balaban J connectivity index is 2.06. The third-order valence-corrected chi connectivity index (χ3v) is 4.39. The Bertz CT molecular complexity index is 441. The molecule has 1 atom stereocenters. The average molecular weight is 290 g/mol. The first kappa shape index (κ1) is 16.0. The molecule has 1 aliphatic heterocycles. The van der Waals surface area contributed by atoms with Gasteiger partial charge >= 0.3 is 0 Å². The number of benzene rings is 1. The molecule has 21 heavy (non-hydrogen) atoms. The van der Waals surface area contributed by atoms with Crippen LogP contribution in [-0.2, 0) is 14.9 Å². The summed E-state index contributed by atoms with van der Waals surface area (Å²) in [6.45, 7) is 4.86. The van der Waals surface area contributed by atoms with Gasteiger partial charge in [0.1, 0.15) is 0 Å². The molecule has 0 bridgehead atoms. The second kappa shape index (κ2) is 7.57. The van der Waals surface area contributed by atoms with Crippen LogP contribution in [0.3, 0.4) is 0 Å². The first-order valence-electron chi connectivity index (χ1n) is 7.73. The maximum Gasteiger partial charge on any atom is 0.224 e. The Morgan fingerprint density at radius 2 is 1.95 bits per heavy atom. The predicted molar refractivity (Wildman–Crippen MR) is 84.3 cm³/mol. The highest BCUT2D eigenvalue weighted by molar-refractivity contribution is 5.78. The van der Waals surface area contributed by atoms with Gasteiger partial charge in [-0.25, -0.2) is 0 Å². The van der Waals surface area contributed by atoms with Crippen LogP contribution in [0.15, 0.2) is 30.3 Å². The Labute approximate surface area is 127 Å². The lowest BCUT2D eigenvalue weighted by Crippen LogP contribution is -2.46. The number of hydrogen-bond donors (Lipinski definition) is 2. The van der Waals surface area contributed by atoms with Crippen molar-refractivity contribution < 1.29 is 9.53 Å². The third-order valence-electron chi connectivity index (χ3n) is 4.39. The van der Waals surface area contributed by atoms with E-state index in [1.807, 2.05) is 20.0 Å². The number of carbonyl (C=O) groups excluding carboxylic acids is 1. The molecule has 0 radical (unpaired) electrons. The fourth-order valence-corrected chi connectivity index (χ4v) is 2.95. The zero-order chi connectivity index (χ0) is 15.1. The van der Waals surface area contributed by atoms with Crippen molar-refractivity contribution in [3.63, 3.8) is 0 Å². The predicted octanol–water partition coefficient (Wildman–Crippen LogP) is 1.71. The summed E-state index contributed by atoms with van der Waals surface area (Å²) < 4.78 is 5.52. The van der Waals surface area contributed by atoms with Gasteiger partial charge < -0.3 is 15.4 Å². The summed E-state index contributed by atoms with van der Waals surface area (Å²) >= 11 is 0. The Kier molecular flexibility index (Phi) is 5.76. The quantitative estimate of drug-likeness (QED) is 0.838. The van der Waals surface area contributed by atoms with Crippen LogP contribution in [0.25, 0.3) is 0 Å². The fourth-order valence-electron chi connectivity index (χ4n) is 2.95. The summed E-state index contributed by atoms with van der Waals surface area (Å²) in [6.07, 6.45) is 1.91. The standard InChI is InChI=1S/C17H26N2O2/c1-14(12-18-2)16(20)19-13-17(8-10-21-11-9-17)15-6-4-3-5-7-15/h3-7,14,18H,8-13H2,1-2H3,(H,19,20). The van der Waals surface area contributed by atoms with E-state index in [-0.39, 0.29) is 17.2 Å². The largest absolute Gasteiger partial charge is 0.381 e. The van der Waals surface area contributed by atoms with E-state index < -0.39 is 0 Å². The number of hydrogen-bond acceptors (Lipinski definition) is 3. The number of nitrogens with one attached hydrogen (secondary N) is 2. The van der Waals surface area contributed by atoms with E-state index in [1.54, 1.807) is 0 Å². The van der Waals surface area contributed by atoms with Crippen molar-refractivity contribution in [1.82, 2.24) is 10.6 Å². The van der Waals surface area contributed by atoms with Crippen LogP contribution in [0.1, 0.15) is 25.3 Å². The highest BCUT2D eigenvalue weighted by atomic mass is 16.5. The Morgan fingerprint density at radius 1 is 1.29 bits per heavy atom. The van der Waals surface area contributed by atoms with E-state index in [4.69, 9.17) is 4.74 Å². The molecular weight excluding hydrogens is 264 g/mol. The van der Waals surface area contributed by atoms with Gasteiger partial charge in [-0.1, -0.05) is 37.3 Å². The summed E-state index contributed by atoms with van der Waals surface area (Å²) in [4.78, 5) is 12.2. The van der Waals surface area contributed by atoms with Gasteiger partial charge in [-0.05, 0) is 25.5 Å². The second-order valence-corrected chi connectivity index (χ2v) is 5.94. The first-order valence-corrected chi connectivity index (χ1v) is 7.73. The second-order valence-electron chi connectivity index (χ2n) is 5.94. The van der Waals surface area contributed by atoms with E-state index in [0.29, 0.717) is 13.1 Å². The molecule has 0 spiro atoms. The van der Waals surface area contributed by atoms with Crippen molar-refractivity contribution in [3.8, 4) is 0 Å². The van der Waals surface area contributed by atoms with Crippen LogP contribution < -0.4 is 10.6 Å². The summed E-state index contributed by atoms with van der Waals surface area (Å²) in [6, 6.07) is 10.5. The molecule has 4 nitrogen and oxygen atoms in total. The SMILES string of the molecule is CNCC(C)C(=O)NCC1(c2ccccc2)CCOCC1. The van der Waals surface area contributed by atoms with Crippen LogP contribution in [0.5, 0.6) is 0 Å². The normalized spacial score (nSPS) is 19.0. The molecule has 2 N–H and O–H groups in total. The van der Waals surface area contributed by atoms with Crippen molar-refractivity contribution in [2.75, 3.05) is 33.4 Å². The van der Waals surface area contributed by atoms with Crippen LogP contribution in [0, 0.1) is 5.92 Å². The van der Waals surface area contributed by atoms with Crippen LogP contribution in [-0.4, -0.2) is 39.3 Å². The van der Waals surface area contributed by atoms with E-state index in [1.165, 1.54) is 5.56 Å². The monoisotopic (exact) mass is 290 g/mol. The minimum absolute atomic E-state index is 0.00847. The first-order chi connectivity index (χ1) is 10.2. The van der Waals surface area contributed by atoms with Gasteiger partial charge in [0.2, 0.25) is 5.91 Å². The van der Waals surface area contributed by atoms with E-state index in [9.17, 15) is 4.79 Å². The molecule has 1 unspecified atom stereocenters. The van der Waals surface area contributed by atoms with E-state index in [2.05, 4.69) is 34.9 Å². The average Bonchev–Trinajstić information content (AvgIpc) is 2.54. The molecule has 2 rings (SSSR count). The smallest absolute Gasteiger partial charge is 0.224 e. The summed E-state index contributed by atoms with van der Waals surface area (Å²) in [5.74, 6) is 0.105. The van der Waals surface area contributed by atoms with Crippen molar-refractivity contribution in [2.45, 2.75) is 25.2 Å². The van der Waals surface area contributed by atoms with Crippen LogP contribution in [0.2, 0.25) is 0 Å². The van der Waals surface area contributed by atoms with Crippen LogP contribution in [0.4, 0.5) is 0 Å². The number of ether oxygens (including phenoxy) is 1. The zero-order valence-corrected chi connectivity index (χ0v) is 13.0. The molecule has 0 aliphatic carbocycles. The minimum Gasteiger partial charge on any atom is -0.381 e. The molecule has 1 aliphatic rings. The Hall–Kier alpha value is -1.39. The lowest BCUT2D eigenvalue weighted by Gasteiger charge is -2.38. The van der Waals surface area contributed by atoms with E-state index in [0.717, 1.165) is 26.1 Å². The molecule has 1 saturated heterocycles. The molecule has 116 valence electrons. The van der Waals surface area contributed by atoms with Crippen molar-refractivity contribution in [1.29, 1.82) is 0 Å². The Morgan fingerprint density at radius 3 is 2.57 bits per heavy atom. The number of carbonyl (C=O) groups is 1. The van der Waals surface area contributed by atoms with Gasteiger partial charge in [-0.2, -0.15) is 0 Å². The molecule has 1 aromatic carbocycles. The third kappa shape index (κ3) is 4.05. The van der Waals surface area contributed by atoms with Gasteiger partial charge in [0.25, 0.3) is 0 Å². The molecule has 0 saturated carbocycles. The number of amides is 1. The van der Waals surface area contributed by atoms with Gasteiger partial charge in [0, 0.05) is 37.6 Å². The zero-order valence-electron chi connectivity index (χ0n) is 13.0. The molecule has 0 aromatic heterocycles. The number of rotatable bonds is 6. The molecule has 4 heteroatoms. The van der Waals surface area contributed by atoms with E-state index >= 15 is 0 Å². The van der Waals surface area contributed by atoms with Gasteiger partial charge in [0.15, 0.2) is 0 Å². The summed E-state index contributed by atoms with van der Waals surface area (Å²) in [5, 5.41) is 6.19. The molecule has 1 fully saturated rings. The lowest BCUT2D eigenvalue weighted by molar-refractivity contribution is -0.124. The minimum atomic E-state index is -0.0114. The highest BCUT2D eigenvalue weighted by Crippen LogP contribution is 2.34. The van der Waals surface area contributed by atoms with Gasteiger partial charge in [-0.15, -0.1) is 0 Å². The summed E-state index contributed by atoms with van der Waals surface area (Å²) in [5.41, 5.74) is 1.31. The van der Waals surface area contributed by atoms with Gasteiger partial charge in [0.05, 0.1) is 0 Å². The van der Waals surface area contributed by atoms with Crippen molar-refractivity contribution in [3.05, 3.63) is 35.9 Å². The molecule has 1 heterocycles. The molecular formula is C17H26N2O2. The molecule has 1 aromatic rings. The highest BCUT2D eigenvalue weighted by Gasteiger charge is 2.34. The van der Waals surface area contributed by atoms with Crippen LogP contribution >= 0.6 is 0 Å². The topological polar surface area (TPSA) is 50.4 Å². The maximum atomic E-state index is 12.2. The maximum absolute atomic E-state index is 12.2. The molecule has 1 amide bonds. The lowest BCUT2D eigenvalue weighted by atomic mass is 9.74. The summed E-state index contributed by atoms with van der Waals surface area (Å²) in [7, 11) is 1.87. The van der Waals surface area contributed by atoms with Crippen molar-refractivity contribution >= 4 is 5.91 Å². The van der Waals surface area contributed by atoms with Gasteiger partial charge in [-0.3, -0.25) is 4.79 Å². The van der Waals surface area contributed by atoms with Crippen molar-refractivity contribution in [2.24, 2.45) is 5.92 Å².